The van der Waals surface area contributed by atoms with Crippen molar-refractivity contribution in [1.29, 1.82) is 0 Å². The largest absolute Gasteiger partial charge is 0.467 e. The van der Waals surface area contributed by atoms with E-state index < -0.39 is 6.04 Å². The Balaban J connectivity index is 1.82. The van der Waals surface area contributed by atoms with Crippen LogP contribution in [-0.4, -0.2) is 52.6 Å². The van der Waals surface area contributed by atoms with Crippen LogP contribution in [0.15, 0.2) is 24.3 Å². The number of methoxy groups -OCH3 is 1. The van der Waals surface area contributed by atoms with Crippen molar-refractivity contribution in [3.8, 4) is 0 Å². The first-order chi connectivity index (χ1) is 14.5. The van der Waals surface area contributed by atoms with Crippen molar-refractivity contribution in [1.82, 2.24) is 15.3 Å². The van der Waals surface area contributed by atoms with Crippen LogP contribution < -0.4 is 10.6 Å². The molecule has 9 heteroatoms. The number of aromatic nitrogens is 2. The molecule has 2 unspecified atom stereocenters. The van der Waals surface area contributed by atoms with Gasteiger partial charge in [-0.2, -0.15) is 0 Å². The number of para-hydroxylation sites is 1. The normalized spacial score (nSPS) is 18.0. The number of ether oxygens (including phenoxy) is 2. The third-order valence-corrected chi connectivity index (χ3v) is 6.57. The Bertz CT molecular complexity index is 888. The van der Waals surface area contributed by atoms with E-state index in [-0.39, 0.29) is 24.3 Å². The quantitative estimate of drug-likeness (QED) is 0.294. The number of nitrogens with one attached hydrogen (secondary N) is 2. The third-order valence-electron chi connectivity index (χ3n) is 5.07. The number of hydrogen-bond donors (Lipinski definition) is 2. The van der Waals surface area contributed by atoms with Gasteiger partial charge in [0.25, 0.3) is 0 Å². The Morgan fingerprint density at radius 1 is 1.33 bits per heavy atom. The zero-order valence-electron chi connectivity index (χ0n) is 17.2. The Labute approximate surface area is 189 Å². The molecule has 0 spiro atoms. The van der Waals surface area contributed by atoms with E-state index in [9.17, 15) is 9.59 Å². The predicted octanol–water partition coefficient (Wildman–Crippen LogP) is 2.70. The van der Waals surface area contributed by atoms with Crippen LogP contribution in [0.4, 0.5) is 5.82 Å². The summed E-state index contributed by atoms with van der Waals surface area (Å²) in [4.78, 5) is 33.8. The summed E-state index contributed by atoms with van der Waals surface area (Å²) >= 11 is 2.31. The molecular weight excluding hydrogens is 499 g/mol. The molecule has 1 aromatic heterocycles. The Kier molecular flexibility index (Phi) is 8.20. The van der Waals surface area contributed by atoms with Crippen LogP contribution >= 0.6 is 22.6 Å². The summed E-state index contributed by atoms with van der Waals surface area (Å²) < 4.78 is 11.2. The zero-order valence-corrected chi connectivity index (χ0v) is 19.3. The van der Waals surface area contributed by atoms with Gasteiger partial charge in [-0.3, -0.25) is 4.79 Å². The molecule has 1 saturated heterocycles. The first-order valence-electron chi connectivity index (χ1n) is 10.0. The standard InChI is InChI=1S/C21H27IN4O4/c1-13(10-22)9-17(21(28)29-2)25-19-15-5-3-4-6-16(15)24-18(26-19)11-23-20(27)14-7-8-30-12-14/h3-6,13-14,17H,7-12H2,1-2H3,(H,23,27)(H,24,25,26)/t13?,14?,17-/m0/s1. The molecule has 1 amide bonds. The molecule has 2 aromatic rings. The highest BCUT2D eigenvalue weighted by atomic mass is 127. The van der Waals surface area contributed by atoms with Gasteiger partial charge in [0.2, 0.25) is 5.91 Å². The van der Waals surface area contributed by atoms with E-state index in [0.29, 0.717) is 37.2 Å². The number of halogens is 1. The molecular formula is C21H27IN4O4. The minimum absolute atomic E-state index is 0.0536. The first kappa shape index (κ1) is 22.7. The van der Waals surface area contributed by atoms with Gasteiger partial charge in [0, 0.05) is 16.4 Å². The summed E-state index contributed by atoms with van der Waals surface area (Å²) in [6.45, 7) is 3.37. The van der Waals surface area contributed by atoms with Crippen molar-refractivity contribution in [2.24, 2.45) is 11.8 Å². The maximum Gasteiger partial charge on any atom is 0.328 e. The molecule has 1 aliphatic rings. The topological polar surface area (TPSA) is 102 Å². The molecule has 0 saturated carbocycles. The molecule has 162 valence electrons. The van der Waals surface area contributed by atoms with Crippen molar-refractivity contribution in [3.05, 3.63) is 30.1 Å². The number of carbonyl (C=O) groups is 2. The van der Waals surface area contributed by atoms with Crippen LogP contribution in [0.25, 0.3) is 10.9 Å². The van der Waals surface area contributed by atoms with Crippen molar-refractivity contribution in [2.45, 2.75) is 32.4 Å². The maximum atomic E-state index is 12.4. The van der Waals surface area contributed by atoms with Crippen molar-refractivity contribution >= 4 is 51.2 Å². The second kappa shape index (κ2) is 10.9. The lowest BCUT2D eigenvalue weighted by molar-refractivity contribution is -0.141. The number of esters is 1. The van der Waals surface area contributed by atoms with Gasteiger partial charge in [-0.25, -0.2) is 14.8 Å². The van der Waals surface area contributed by atoms with E-state index in [1.165, 1.54) is 7.11 Å². The van der Waals surface area contributed by atoms with Crippen LogP contribution in [0.2, 0.25) is 0 Å². The predicted molar refractivity (Wildman–Crippen MR) is 122 cm³/mol. The van der Waals surface area contributed by atoms with Gasteiger partial charge in [-0.1, -0.05) is 41.6 Å². The highest BCUT2D eigenvalue weighted by molar-refractivity contribution is 14.1. The summed E-state index contributed by atoms with van der Waals surface area (Å²) in [6, 6.07) is 7.08. The fourth-order valence-corrected chi connectivity index (χ4v) is 3.71. The lowest BCUT2D eigenvalue weighted by Gasteiger charge is -2.21. The molecule has 8 nitrogen and oxygen atoms in total. The van der Waals surface area contributed by atoms with Gasteiger partial charge in [0.1, 0.15) is 11.9 Å². The lowest BCUT2D eigenvalue weighted by atomic mass is 10.0. The minimum Gasteiger partial charge on any atom is -0.467 e. The highest BCUT2D eigenvalue weighted by Crippen LogP contribution is 2.23. The molecule has 0 aliphatic carbocycles. The van der Waals surface area contributed by atoms with Crippen molar-refractivity contribution in [2.75, 3.05) is 30.1 Å². The minimum atomic E-state index is -0.517. The van der Waals surface area contributed by atoms with Crippen molar-refractivity contribution in [3.63, 3.8) is 0 Å². The fraction of sp³-hybridized carbons (Fsp3) is 0.524. The maximum absolute atomic E-state index is 12.4. The Morgan fingerprint density at radius 3 is 2.83 bits per heavy atom. The van der Waals surface area contributed by atoms with E-state index in [4.69, 9.17) is 9.47 Å². The van der Waals surface area contributed by atoms with Gasteiger partial charge in [0.05, 0.1) is 31.7 Å². The molecule has 2 N–H and O–H groups in total. The van der Waals surface area contributed by atoms with Crippen LogP contribution in [-0.2, 0) is 25.6 Å². The van der Waals surface area contributed by atoms with Crippen LogP contribution in [0.3, 0.4) is 0 Å². The molecule has 30 heavy (non-hydrogen) atoms. The average molecular weight is 526 g/mol. The summed E-state index contributed by atoms with van der Waals surface area (Å²) in [5, 5.41) is 6.97. The number of alkyl halides is 1. The molecule has 0 radical (unpaired) electrons. The van der Waals surface area contributed by atoms with E-state index in [1.807, 2.05) is 24.3 Å². The molecule has 2 heterocycles. The van der Waals surface area contributed by atoms with Gasteiger partial charge in [-0.05, 0) is 30.9 Å². The second-order valence-corrected chi connectivity index (χ2v) is 8.38. The average Bonchev–Trinajstić information content (AvgIpc) is 3.31. The number of benzene rings is 1. The van der Waals surface area contributed by atoms with E-state index in [0.717, 1.165) is 21.8 Å². The van der Waals surface area contributed by atoms with E-state index in [1.54, 1.807) is 0 Å². The summed E-state index contributed by atoms with van der Waals surface area (Å²) in [6.07, 6.45) is 1.36. The van der Waals surface area contributed by atoms with Crippen molar-refractivity contribution < 1.29 is 19.1 Å². The molecule has 3 atom stereocenters. The van der Waals surface area contributed by atoms with Gasteiger partial charge in [-0.15, -0.1) is 0 Å². The summed E-state index contributed by atoms with van der Waals surface area (Å²) in [5.74, 6) is 0.871. The van der Waals surface area contributed by atoms with E-state index >= 15 is 0 Å². The van der Waals surface area contributed by atoms with Gasteiger partial charge < -0.3 is 20.1 Å². The second-order valence-electron chi connectivity index (χ2n) is 7.50. The third kappa shape index (κ3) is 5.78. The van der Waals surface area contributed by atoms with Gasteiger partial charge in [0.15, 0.2) is 5.82 Å². The fourth-order valence-electron chi connectivity index (χ4n) is 3.35. The Hall–Kier alpha value is -2.01. The van der Waals surface area contributed by atoms with Crippen LogP contribution in [0.1, 0.15) is 25.6 Å². The first-order valence-corrected chi connectivity index (χ1v) is 11.6. The molecule has 3 rings (SSSR count). The highest BCUT2D eigenvalue weighted by Gasteiger charge is 2.25. The summed E-state index contributed by atoms with van der Waals surface area (Å²) in [5.41, 5.74) is 0.744. The van der Waals surface area contributed by atoms with Gasteiger partial charge >= 0.3 is 5.97 Å². The molecule has 1 aliphatic heterocycles. The molecule has 1 fully saturated rings. The summed E-state index contributed by atoms with van der Waals surface area (Å²) in [7, 11) is 1.39. The van der Waals surface area contributed by atoms with Crippen LogP contribution in [0.5, 0.6) is 0 Å². The number of rotatable bonds is 9. The number of hydrogen-bond acceptors (Lipinski definition) is 7. The monoisotopic (exact) mass is 526 g/mol. The number of nitrogens with zero attached hydrogens (tertiary/aromatic N) is 2. The number of anilines is 1. The SMILES string of the molecule is COC(=O)[C@H](CC(C)CI)Nc1nc(CNC(=O)C2CCOC2)nc2ccccc12. The Morgan fingerprint density at radius 2 is 2.13 bits per heavy atom. The number of carbonyl (C=O) groups excluding carboxylic acids is 2. The lowest BCUT2D eigenvalue weighted by Crippen LogP contribution is -2.34. The smallest absolute Gasteiger partial charge is 0.328 e. The molecule has 0 bridgehead atoms. The molecule has 1 aromatic carbocycles. The number of fused-ring (bicyclic) bond motifs is 1. The van der Waals surface area contributed by atoms with E-state index in [2.05, 4.69) is 50.1 Å². The number of amides is 1. The zero-order chi connectivity index (χ0) is 21.5. The van der Waals surface area contributed by atoms with Crippen LogP contribution in [0, 0.1) is 11.8 Å².